The predicted octanol–water partition coefficient (Wildman–Crippen LogP) is -0.475. The van der Waals surface area contributed by atoms with E-state index >= 15 is 0 Å². The van der Waals surface area contributed by atoms with Gasteiger partial charge in [0.1, 0.15) is 6.61 Å². The molecule has 5 nitrogen and oxygen atoms in total. The smallest absolute Gasteiger partial charge is 0.157 e. The molecule has 0 bridgehead atoms. The second-order valence-electron chi connectivity index (χ2n) is 3.08. The Morgan fingerprint density at radius 1 is 1.69 bits per heavy atom. The van der Waals surface area contributed by atoms with E-state index in [0.29, 0.717) is 12.3 Å². The number of sulfone groups is 1. The molecule has 1 aliphatic rings. The molecule has 1 saturated heterocycles. The SMILES string of the molecule is CCCO/N=C1/CS(=O)(=O)CC1N. The molecule has 1 fully saturated rings. The van der Waals surface area contributed by atoms with Gasteiger partial charge in [-0.25, -0.2) is 8.42 Å². The van der Waals surface area contributed by atoms with Gasteiger partial charge < -0.3 is 10.6 Å². The Morgan fingerprint density at radius 2 is 2.38 bits per heavy atom. The lowest BCUT2D eigenvalue weighted by Gasteiger charge is -2.00. The van der Waals surface area contributed by atoms with E-state index in [4.69, 9.17) is 10.6 Å². The predicted molar refractivity (Wildman–Crippen MR) is 50.3 cm³/mol. The van der Waals surface area contributed by atoms with Crippen molar-refractivity contribution in [1.29, 1.82) is 0 Å². The zero-order valence-electron chi connectivity index (χ0n) is 7.56. The van der Waals surface area contributed by atoms with Crippen molar-refractivity contribution in [1.82, 2.24) is 0 Å². The zero-order chi connectivity index (χ0) is 9.90. The summed E-state index contributed by atoms with van der Waals surface area (Å²) in [7, 11) is -3.02. The number of rotatable bonds is 3. The molecule has 0 aromatic carbocycles. The lowest BCUT2D eigenvalue weighted by atomic mass is 10.2. The molecule has 2 N–H and O–H groups in total. The Kier molecular flexibility index (Phi) is 3.27. The molecular weight excluding hydrogens is 192 g/mol. The van der Waals surface area contributed by atoms with Gasteiger partial charge in [-0.3, -0.25) is 0 Å². The molecule has 0 saturated carbocycles. The zero-order valence-corrected chi connectivity index (χ0v) is 8.38. The molecule has 13 heavy (non-hydrogen) atoms. The highest BCUT2D eigenvalue weighted by Crippen LogP contribution is 2.07. The van der Waals surface area contributed by atoms with E-state index in [1.165, 1.54) is 0 Å². The van der Waals surface area contributed by atoms with E-state index in [9.17, 15) is 8.42 Å². The van der Waals surface area contributed by atoms with E-state index < -0.39 is 15.9 Å². The van der Waals surface area contributed by atoms with Gasteiger partial charge >= 0.3 is 0 Å². The van der Waals surface area contributed by atoms with E-state index in [1.807, 2.05) is 6.92 Å². The third-order valence-electron chi connectivity index (χ3n) is 1.71. The number of hydrogen-bond acceptors (Lipinski definition) is 5. The van der Waals surface area contributed by atoms with Gasteiger partial charge in [0.05, 0.1) is 23.3 Å². The van der Waals surface area contributed by atoms with Crippen LogP contribution in [0.3, 0.4) is 0 Å². The second-order valence-corrected chi connectivity index (χ2v) is 5.19. The van der Waals surface area contributed by atoms with Gasteiger partial charge in [0.25, 0.3) is 0 Å². The van der Waals surface area contributed by atoms with E-state index in [0.717, 1.165) is 6.42 Å². The van der Waals surface area contributed by atoms with Crippen LogP contribution in [0.4, 0.5) is 0 Å². The average Bonchev–Trinajstić information content (AvgIpc) is 2.25. The second kappa shape index (κ2) is 4.06. The Balaban J connectivity index is 2.57. The van der Waals surface area contributed by atoms with Crippen LogP contribution in [0.5, 0.6) is 0 Å². The number of oxime groups is 1. The van der Waals surface area contributed by atoms with Gasteiger partial charge in [-0.05, 0) is 6.42 Å². The third kappa shape index (κ3) is 2.96. The Morgan fingerprint density at radius 3 is 2.85 bits per heavy atom. The Bertz CT molecular complexity index is 297. The van der Waals surface area contributed by atoms with Crippen LogP contribution in [-0.2, 0) is 14.7 Å². The maximum absolute atomic E-state index is 11.1. The lowest BCUT2D eigenvalue weighted by Crippen LogP contribution is -2.28. The van der Waals surface area contributed by atoms with Crippen LogP contribution in [0, 0.1) is 0 Å². The molecule has 1 heterocycles. The summed E-state index contributed by atoms with van der Waals surface area (Å²) in [4.78, 5) is 4.87. The highest BCUT2D eigenvalue weighted by atomic mass is 32.2. The van der Waals surface area contributed by atoms with Crippen molar-refractivity contribution >= 4 is 15.5 Å². The fourth-order valence-corrected chi connectivity index (χ4v) is 2.65. The minimum absolute atomic E-state index is 0.0126. The first-order valence-electron chi connectivity index (χ1n) is 4.20. The molecule has 76 valence electrons. The number of hydrogen-bond donors (Lipinski definition) is 1. The summed E-state index contributed by atoms with van der Waals surface area (Å²) in [5, 5.41) is 3.70. The van der Waals surface area contributed by atoms with Gasteiger partial charge in [0, 0.05) is 0 Å². The topological polar surface area (TPSA) is 81.8 Å². The van der Waals surface area contributed by atoms with Crippen LogP contribution in [0.15, 0.2) is 5.16 Å². The van der Waals surface area contributed by atoms with Crippen molar-refractivity contribution in [3.05, 3.63) is 0 Å². The van der Waals surface area contributed by atoms with E-state index in [2.05, 4.69) is 5.16 Å². The van der Waals surface area contributed by atoms with Crippen LogP contribution >= 0.6 is 0 Å². The first-order chi connectivity index (χ1) is 6.05. The number of nitrogens with two attached hydrogens (primary N) is 1. The minimum atomic E-state index is -3.02. The van der Waals surface area contributed by atoms with Gasteiger partial charge in [-0.2, -0.15) is 0 Å². The number of nitrogens with zero attached hydrogens (tertiary/aromatic N) is 1. The lowest BCUT2D eigenvalue weighted by molar-refractivity contribution is 0.144. The summed E-state index contributed by atoms with van der Waals surface area (Å²) in [5.74, 6) is -0.0702. The van der Waals surface area contributed by atoms with E-state index in [-0.39, 0.29) is 11.5 Å². The monoisotopic (exact) mass is 206 g/mol. The fourth-order valence-electron chi connectivity index (χ4n) is 1.07. The molecule has 1 unspecified atom stereocenters. The first-order valence-corrected chi connectivity index (χ1v) is 6.02. The van der Waals surface area contributed by atoms with Crippen molar-refractivity contribution in [2.75, 3.05) is 18.1 Å². The molecule has 0 amide bonds. The average molecular weight is 206 g/mol. The summed E-state index contributed by atoms with van der Waals surface area (Å²) in [5.41, 5.74) is 5.99. The molecule has 6 heteroatoms. The molecule has 0 radical (unpaired) electrons. The summed E-state index contributed by atoms with van der Waals surface area (Å²) < 4.78 is 22.1. The highest BCUT2D eigenvalue weighted by molar-refractivity contribution is 7.92. The standard InChI is InChI=1S/C7H14N2O3S/c1-2-3-12-9-7-5-13(10,11)4-6(7)8/h6H,2-5,8H2,1H3/b9-7-. The van der Waals surface area contributed by atoms with Crippen LogP contribution < -0.4 is 5.73 Å². The fraction of sp³-hybridized carbons (Fsp3) is 0.857. The highest BCUT2D eigenvalue weighted by Gasteiger charge is 2.32. The quantitative estimate of drug-likeness (QED) is 0.499. The van der Waals surface area contributed by atoms with Gasteiger partial charge in [0.2, 0.25) is 0 Å². The maximum Gasteiger partial charge on any atom is 0.157 e. The summed E-state index contributed by atoms with van der Waals surface area (Å²) in [6.45, 7) is 2.45. The van der Waals surface area contributed by atoms with Crippen molar-refractivity contribution in [3.8, 4) is 0 Å². The maximum atomic E-state index is 11.1. The summed E-state index contributed by atoms with van der Waals surface area (Å²) >= 11 is 0. The van der Waals surface area contributed by atoms with Crippen molar-refractivity contribution in [2.24, 2.45) is 10.9 Å². The van der Waals surface area contributed by atoms with Crippen LogP contribution in [-0.4, -0.2) is 38.3 Å². The first kappa shape index (κ1) is 10.5. The molecule has 1 rings (SSSR count). The summed E-state index contributed by atoms with van der Waals surface area (Å²) in [6.07, 6.45) is 0.846. The van der Waals surface area contributed by atoms with Crippen LogP contribution in [0.1, 0.15) is 13.3 Å². The van der Waals surface area contributed by atoms with Gasteiger partial charge in [0.15, 0.2) is 9.84 Å². The van der Waals surface area contributed by atoms with Gasteiger partial charge in [-0.15, -0.1) is 0 Å². The molecule has 0 spiro atoms. The largest absolute Gasteiger partial charge is 0.396 e. The molecule has 0 aromatic rings. The minimum Gasteiger partial charge on any atom is -0.396 e. The Labute approximate surface area is 77.9 Å². The van der Waals surface area contributed by atoms with E-state index in [1.54, 1.807) is 0 Å². The van der Waals surface area contributed by atoms with Crippen molar-refractivity contribution < 1.29 is 13.3 Å². The molecule has 1 atom stereocenters. The van der Waals surface area contributed by atoms with Crippen molar-refractivity contribution in [2.45, 2.75) is 19.4 Å². The summed E-state index contributed by atoms with van der Waals surface area (Å²) in [6, 6.07) is -0.484. The molecule has 0 aliphatic carbocycles. The van der Waals surface area contributed by atoms with Crippen LogP contribution in [0.25, 0.3) is 0 Å². The molecule has 1 aliphatic heterocycles. The third-order valence-corrected chi connectivity index (χ3v) is 3.31. The van der Waals surface area contributed by atoms with Crippen molar-refractivity contribution in [3.63, 3.8) is 0 Å². The van der Waals surface area contributed by atoms with Gasteiger partial charge in [-0.1, -0.05) is 12.1 Å². The van der Waals surface area contributed by atoms with Crippen LogP contribution in [0.2, 0.25) is 0 Å². The normalized spacial score (nSPS) is 29.4. The molecular formula is C7H14N2O3S. The molecule has 0 aromatic heterocycles. The Hall–Kier alpha value is -0.620.